The van der Waals surface area contributed by atoms with Crippen LogP contribution in [0.25, 0.3) is 10.9 Å². The molecular formula is C24H23N3O2. The van der Waals surface area contributed by atoms with Gasteiger partial charge in [0, 0.05) is 29.3 Å². The maximum Gasteiger partial charge on any atom is 0.319 e. The summed E-state index contributed by atoms with van der Waals surface area (Å²) in [5.41, 5.74) is 4.15. The van der Waals surface area contributed by atoms with Crippen LogP contribution in [0.1, 0.15) is 11.1 Å². The number of H-pyrrole nitrogens is 1. The van der Waals surface area contributed by atoms with Crippen LogP contribution in [-0.2, 0) is 13.0 Å². The molecule has 0 unspecified atom stereocenters. The Labute approximate surface area is 169 Å². The fourth-order valence-corrected chi connectivity index (χ4v) is 3.20. The van der Waals surface area contributed by atoms with Gasteiger partial charge >= 0.3 is 6.03 Å². The number of fused-ring (bicyclic) bond motifs is 1. The van der Waals surface area contributed by atoms with Crippen molar-refractivity contribution in [2.45, 2.75) is 13.0 Å². The summed E-state index contributed by atoms with van der Waals surface area (Å²) in [6.45, 7) is 1.08. The molecule has 0 bridgehead atoms. The average molecular weight is 385 g/mol. The number of hydrogen-bond acceptors (Lipinski definition) is 2. The van der Waals surface area contributed by atoms with Crippen molar-refractivity contribution in [1.29, 1.82) is 0 Å². The number of carbonyl (C=O) groups excluding carboxylic acids is 1. The number of nitrogens with one attached hydrogen (secondary N) is 3. The highest BCUT2D eigenvalue weighted by Crippen LogP contribution is 2.18. The molecule has 2 amide bonds. The Balaban J connectivity index is 1.23. The highest BCUT2D eigenvalue weighted by molar-refractivity contribution is 5.89. The van der Waals surface area contributed by atoms with E-state index in [-0.39, 0.29) is 6.03 Å². The first-order chi connectivity index (χ1) is 14.3. The number of aromatic amines is 1. The molecule has 0 saturated carbocycles. The molecule has 0 aliphatic rings. The van der Waals surface area contributed by atoms with E-state index in [9.17, 15) is 4.79 Å². The Bertz CT molecular complexity index is 1070. The molecule has 29 heavy (non-hydrogen) atoms. The van der Waals surface area contributed by atoms with Crippen LogP contribution in [0.5, 0.6) is 5.75 Å². The van der Waals surface area contributed by atoms with Gasteiger partial charge in [0.2, 0.25) is 0 Å². The summed E-state index contributed by atoms with van der Waals surface area (Å²) < 4.78 is 5.76. The van der Waals surface area contributed by atoms with Crippen LogP contribution in [0.3, 0.4) is 0 Å². The summed E-state index contributed by atoms with van der Waals surface area (Å²) in [4.78, 5) is 15.4. The molecule has 1 heterocycles. The fourth-order valence-electron chi connectivity index (χ4n) is 3.20. The van der Waals surface area contributed by atoms with E-state index in [1.807, 2.05) is 79.0 Å². The minimum Gasteiger partial charge on any atom is -0.489 e. The third kappa shape index (κ3) is 4.96. The quantitative estimate of drug-likeness (QED) is 0.414. The van der Waals surface area contributed by atoms with Crippen LogP contribution in [0, 0.1) is 0 Å². The molecule has 0 fully saturated rings. The molecule has 5 heteroatoms. The minimum atomic E-state index is -0.220. The van der Waals surface area contributed by atoms with E-state index >= 15 is 0 Å². The second-order valence-electron chi connectivity index (χ2n) is 6.79. The molecule has 0 saturated heterocycles. The van der Waals surface area contributed by atoms with Gasteiger partial charge in [-0.25, -0.2) is 4.79 Å². The topological polar surface area (TPSA) is 66.2 Å². The number of ether oxygens (including phenoxy) is 1. The Morgan fingerprint density at radius 2 is 1.66 bits per heavy atom. The maximum absolute atomic E-state index is 12.1. The van der Waals surface area contributed by atoms with Gasteiger partial charge in [0.1, 0.15) is 12.4 Å². The molecule has 0 radical (unpaired) electrons. The number of anilines is 1. The molecule has 0 atom stereocenters. The largest absolute Gasteiger partial charge is 0.489 e. The van der Waals surface area contributed by atoms with Gasteiger partial charge in [-0.3, -0.25) is 0 Å². The second kappa shape index (κ2) is 8.97. The Morgan fingerprint density at radius 1 is 0.897 bits per heavy atom. The first-order valence-corrected chi connectivity index (χ1v) is 9.64. The van der Waals surface area contributed by atoms with E-state index in [4.69, 9.17) is 4.74 Å². The molecule has 5 nitrogen and oxygen atoms in total. The molecule has 4 rings (SSSR count). The van der Waals surface area contributed by atoms with Gasteiger partial charge in [0.15, 0.2) is 0 Å². The highest BCUT2D eigenvalue weighted by Gasteiger charge is 2.05. The van der Waals surface area contributed by atoms with Crippen molar-refractivity contribution >= 4 is 22.6 Å². The zero-order valence-corrected chi connectivity index (χ0v) is 16.0. The van der Waals surface area contributed by atoms with Gasteiger partial charge in [0.05, 0.1) is 0 Å². The first kappa shape index (κ1) is 18.6. The van der Waals surface area contributed by atoms with Crippen LogP contribution in [-0.4, -0.2) is 17.6 Å². The Morgan fingerprint density at radius 3 is 2.48 bits per heavy atom. The summed E-state index contributed by atoms with van der Waals surface area (Å²) in [5.74, 6) is 0.763. The van der Waals surface area contributed by atoms with E-state index in [0.717, 1.165) is 28.9 Å². The number of aromatic nitrogens is 1. The summed E-state index contributed by atoms with van der Waals surface area (Å²) >= 11 is 0. The van der Waals surface area contributed by atoms with Crippen LogP contribution >= 0.6 is 0 Å². The van der Waals surface area contributed by atoms with Gasteiger partial charge < -0.3 is 20.4 Å². The van der Waals surface area contributed by atoms with Gasteiger partial charge in [-0.1, -0.05) is 48.5 Å². The second-order valence-corrected chi connectivity index (χ2v) is 6.79. The van der Waals surface area contributed by atoms with Crippen molar-refractivity contribution in [2.75, 3.05) is 11.9 Å². The Hall–Kier alpha value is -3.73. The monoisotopic (exact) mass is 385 g/mol. The van der Waals surface area contributed by atoms with Crippen LogP contribution in [0.4, 0.5) is 10.5 Å². The minimum absolute atomic E-state index is 0.220. The molecule has 0 aliphatic carbocycles. The number of hydrogen-bond donors (Lipinski definition) is 3. The van der Waals surface area contributed by atoms with Crippen LogP contribution in [0.2, 0.25) is 0 Å². The molecule has 146 valence electrons. The number of rotatable bonds is 7. The van der Waals surface area contributed by atoms with Crippen molar-refractivity contribution in [3.63, 3.8) is 0 Å². The van der Waals surface area contributed by atoms with Crippen LogP contribution in [0.15, 0.2) is 85.1 Å². The third-order valence-electron chi connectivity index (χ3n) is 4.72. The summed E-state index contributed by atoms with van der Waals surface area (Å²) in [6, 6.07) is 25.3. The number of urea groups is 1. The van der Waals surface area contributed by atoms with Crippen molar-refractivity contribution < 1.29 is 9.53 Å². The smallest absolute Gasteiger partial charge is 0.319 e. The average Bonchev–Trinajstić information content (AvgIpc) is 3.17. The van der Waals surface area contributed by atoms with Crippen molar-refractivity contribution in [2.24, 2.45) is 0 Å². The van der Waals surface area contributed by atoms with Gasteiger partial charge in [0.25, 0.3) is 0 Å². The normalized spacial score (nSPS) is 10.6. The summed E-state index contributed by atoms with van der Waals surface area (Å²) in [7, 11) is 0. The van der Waals surface area contributed by atoms with Crippen LogP contribution < -0.4 is 15.4 Å². The van der Waals surface area contributed by atoms with Crippen molar-refractivity contribution in [1.82, 2.24) is 10.3 Å². The van der Waals surface area contributed by atoms with E-state index in [2.05, 4.69) is 21.7 Å². The number of para-hydroxylation sites is 1. The molecule has 0 spiro atoms. The maximum atomic E-state index is 12.1. The zero-order chi connectivity index (χ0) is 19.9. The predicted octanol–water partition coefficient (Wildman–Crippen LogP) is 5.11. The van der Waals surface area contributed by atoms with E-state index in [0.29, 0.717) is 13.2 Å². The number of amides is 2. The third-order valence-corrected chi connectivity index (χ3v) is 4.72. The van der Waals surface area contributed by atoms with E-state index in [1.165, 1.54) is 10.9 Å². The first-order valence-electron chi connectivity index (χ1n) is 9.64. The fraction of sp³-hybridized carbons (Fsp3) is 0.125. The van der Waals surface area contributed by atoms with Gasteiger partial charge in [-0.15, -0.1) is 0 Å². The lowest BCUT2D eigenvalue weighted by atomic mass is 10.1. The lowest BCUT2D eigenvalue weighted by Crippen LogP contribution is -2.30. The lowest BCUT2D eigenvalue weighted by molar-refractivity contribution is 0.252. The van der Waals surface area contributed by atoms with E-state index < -0.39 is 0 Å². The standard InChI is InChI=1S/C24H23N3O2/c28-24(25-15-14-19-16-26-23-9-5-4-8-22(19)23)27-20-10-12-21(13-11-20)29-17-18-6-2-1-3-7-18/h1-13,16,26H,14-15,17H2,(H2,25,27,28). The lowest BCUT2D eigenvalue weighted by Gasteiger charge is -2.09. The molecular weight excluding hydrogens is 362 g/mol. The van der Waals surface area contributed by atoms with Crippen molar-refractivity contribution in [3.8, 4) is 5.75 Å². The highest BCUT2D eigenvalue weighted by atomic mass is 16.5. The number of benzene rings is 3. The van der Waals surface area contributed by atoms with Gasteiger partial charge in [-0.2, -0.15) is 0 Å². The summed E-state index contributed by atoms with van der Waals surface area (Å²) in [5, 5.41) is 6.94. The molecule has 3 aromatic carbocycles. The van der Waals surface area contributed by atoms with E-state index in [1.54, 1.807) is 0 Å². The molecule has 1 aromatic heterocycles. The molecule has 4 aromatic rings. The SMILES string of the molecule is O=C(NCCc1c[nH]c2ccccc12)Nc1ccc(OCc2ccccc2)cc1. The van der Waals surface area contributed by atoms with Gasteiger partial charge in [-0.05, 0) is 47.9 Å². The summed E-state index contributed by atoms with van der Waals surface area (Å²) in [6.07, 6.45) is 2.77. The zero-order valence-electron chi connectivity index (χ0n) is 16.0. The number of carbonyl (C=O) groups is 1. The Kier molecular flexibility index (Phi) is 5.76. The van der Waals surface area contributed by atoms with Crippen molar-refractivity contribution in [3.05, 3.63) is 96.2 Å². The predicted molar refractivity (Wildman–Crippen MR) is 116 cm³/mol. The molecule has 0 aliphatic heterocycles. The molecule has 3 N–H and O–H groups in total.